The van der Waals surface area contributed by atoms with Gasteiger partial charge >= 0.3 is 0 Å². The van der Waals surface area contributed by atoms with Crippen LogP contribution < -0.4 is 10.9 Å². The summed E-state index contributed by atoms with van der Waals surface area (Å²) in [7, 11) is 1.44. The number of nitrogens with one attached hydrogen (secondary N) is 1. The molecule has 1 heterocycles. The predicted octanol–water partition coefficient (Wildman–Crippen LogP) is 1.48. The Morgan fingerprint density at radius 3 is 2.65 bits per heavy atom. The Hall–Kier alpha value is -3.75. The van der Waals surface area contributed by atoms with Gasteiger partial charge < -0.3 is 10.4 Å². The average Bonchev–Trinajstić information content (AvgIpc) is 2.63. The van der Waals surface area contributed by atoms with Crippen LogP contribution in [0.25, 0.3) is 10.8 Å². The lowest BCUT2D eigenvalue weighted by atomic mass is 10.1. The third-order valence-corrected chi connectivity index (χ3v) is 3.88. The molecular weight excluding hydrogens is 340 g/mol. The van der Waals surface area contributed by atoms with Crippen LogP contribution in [0.3, 0.4) is 0 Å². The van der Waals surface area contributed by atoms with E-state index in [1.807, 2.05) is 0 Å². The van der Waals surface area contributed by atoms with Crippen molar-refractivity contribution >= 4 is 22.4 Å². The summed E-state index contributed by atoms with van der Waals surface area (Å²) in [4.78, 5) is 34.9. The van der Waals surface area contributed by atoms with Crippen molar-refractivity contribution in [2.24, 2.45) is 7.05 Å². The van der Waals surface area contributed by atoms with Crippen molar-refractivity contribution in [3.63, 3.8) is 0 Å². The van der Waals surface area contributed by atoms with Gasteiger partial charge in [-0.1, -0.05) is 18.2 Å². The molecule has 0 saturated heterocycles. The molecule has 2 aromatic carbocycles. The Morgan fingerprint density at radius 2 is 1.96 bits per heavy atom. The minimum absolute atomic E-state index is 0.0487. The van der Waals surface area contributed by atoms with Crippen LogP contribution in [0.5, 0.6) is 5.75 Å². The number of fused-ring (bicyclic) bond motifs is 1. The molecule has 3 rings (SSSR count). The first kappa shape index (κ1) is 17.1. The number of rotatable bonds is 4. The largest absolute Gasteiger partial charge is 0.508 e. The number of carbonyl (C=O) groups is 1. The maximum Gasteiger partial charge on any atom is 0.274 e. The Kier molecular flexibility index (Phi) is 4.36. The molecule has 3 aromatic rings. The molecule has 9 nitrogen and oxygen atoms in total. The van der Waals surface area contributed by atoms with E-state index < -0.39 is 10.8 Å². The number of aromatic nitrogens is 2. The number of nitro groups is 1. The fourth-order valence-electron chi connectivity index (χ4n) is 2.55. The zero-order valence-corrected chi connectivity index (χ0v) is 13.7. The van der Waals surface area contributed by atoms with Crippen LogP contribution in [0.2, 0.25) is 0 Å². The molecule has 26 heavy (non-hydrogen) atoms. The number of phenolic OH excluding ortho intramolecular Hbond substituents is 1. The fourth-order valence-corrected chi connectivity index (χ4v) is 2.55. The second-order valence-corrected chi connectivity index (χ2v) is 5.58. The van der Waals surface area contributed by atoms with Crippen LogP contribution in [-0.4, -0.2) is 25.7 Å². The van der Waals surface area contributed by atoms with Gasteiger partial charge in [0.25, 0.3) is 17.2 Å². The number of non-ortho nitro benzene ring substituents is 1. The third-order valence-electron chi connectivity index (χ3n) is 3.88. The van der Waals surface area contributed by atoms with Gasteiger partial charge in [0.15, 0.2) is 5.69 Å². The molecule has 2 N–H and O–H groups in total. The van der Waals surface area contributed by atoms with Crippen molar-refractivity contribution in [1.29, 1.82) is 0 Å². The van der Waals surface area contributed by atoms with Crippen LogP contribution in [-0.2, 0) is 13.6 Å². The smallest absolute Gasteiger partial charge is 0.274 e. The molecule has 0 spiro atoms. The molecule has 0 aliphatic carbocycles. The normalized spacial score (nSPS) is 10.7. The summed E-state index contributed by atoms with van der Waals surface area (Å²) < 4.78 is 1.07. The van der Waals surface area contributed by atoms with Crippen molar-refractivity contribution in [3.8, 4) is 5.75 Å². The highest BCUT2D eigenvalue weighted by Crippen LogP contribution is 2.23. The minimum atomic E-state index is -0.590. The van der Waals surface area contributed by atoms with E-state index in [9.17, 15) is 24.8 Å². The van der Waals surface area contributed by atoms with Crippen LogP contribution in [0.4, 0.5) is 5.69 Å². The number of phenols is 1. The average molecular weight is 354 g/mol. The van der Waals surface area contributed by atoms with Crippen molar-refractivity contribution in [3.05, 3.63) is 74.2 Å². The molecular formula is C17H14N4O5. The van der Waals surface area contributed by atoms with E-state index in [0.29, 0.717) is 10.8 Å². The third kappa shape index (κ3) is 3.09. The standard InChI is InChI=1S/C17H14N4O5/c1-20-17(24)13-5-3-2-4-12(13)15(19-20)16(23)18-9-10-8-11(21(25)26)6-7-14(10)22/h2-8,22H,9H2,1H3,(H,18,23). The quantitative estimate of drug-likeness (QED) is 0.539. The van der Waals surface area contributed by atoms with Gasteiger partial charge in [-0.25, -0.2) is 4.68 Å². The topological polar surface area (TPSA) is 127 Å². The molecule has 1 aromatic heterocycles. The van der Waals surface area contributed by atoms with E-state index in [-0.39, 0.29) is 34.8 Å². The summed E-state index contributed by atoms with van der Waals surface area (Å²) in [5, 5.41) is 28.0. The molecule has 0 atom stereocenters. The van der Waals surface area contributed by atoms with Gasteiger partial charge in [-0.05, 0) is 12.1 Å². The lowest BCUT2D eigenvalue weighted by Crippen LogP contribution is -2.29. The predicted molar refractivity (Wildman–Crippen MR) is 92.9 cm³/mol. The highest BCUT2D eigenvalue weighted by molar-refractivity contribution is 6.04. The molecule has 0 aliphatic rings. The lowest BCUT2D eigenvalue weighted by Gasteiger charge is -2.09. The highest BCUT2D eigenvalue weighted by Gasteiger charge is 2.17. The van der Waals surface area contributed by atoms with Crippen LogP contribution in [0, 0.1) is 10.1 Å². The van der Waals surface area contributed by atoms with E-state index in [2.05, 4.69) is 10.4 Å². The van der Waals surface area contributed by atoms with Gasteiger partial charge in [0.2, 0.25) is 0 Å². The van der Waals surface area contributed by atoms with E-state index in [4.69, 9.17) is 0 Å². The minimum Gasteiger partial charge on any atom is -0.508 e. The Morgan fingerprint density at radius 1 is 1.27 bits per heavy atom. The molecule has 0 aliphatic heterocycles. The summed E-state index contributed by atoms with van der Waals surface area (Å²) in [6, 6.07) is 10.1. The van der Waals surface area contributed by atoms with Crippen molar-refractivity contribution in [2.75, 3.05) is 0 Å². The summed E-state index contributed by atoms with van der Waals surface area (Å²) in [6.45, 7) is -0.134. The Labute approximate surface area is 146 Å². The number of nitro benzene ring substituents is 1. The van der Waals surface area contributed by atoms with Gasteiger partial charge in [-0.3, -0.25) is 19.7 Å². The van der Waals surface area contributed by atoms with Gasteiger partial charge in [-0.2, -0.15) is 5.10 Å². The summed E-state index contributed by atoms with van der Waals surface area (Å²) in [6.07, 6.45) is 0. The summed E-state index contributed by atoms with van der Waals surface area (Å²) in [5.41, 5.74) is -0.277. The molecule has 0 unspecified atom stereocenters. The number of nitrogens with zero attached hydrogens (tertiary/aromatic N) is 3. The van der Waals surface area contributed by atoms with Crippen LogP contribution in [0.15, 0.2) is 47.3 Å². The first-order valence-corrected chi connectivity index (χ1v) is 7.59. The van der Waals surface area contributed by atoms with Gasteiger partial charge in [0.1, 0.15) is 5.75 Å². The molecule has 1 amide bonds. The Balaban J connectivity index is 1.92. The van der Waals surface area contributed by atoms with Gasteiger partial charge in [0.05, 0.1) is 10.3 Å². The molecule has 0 radical (unpaired) electrons. The van der Waals surface area contributed by atoms with Crippen LogP contribution >= 0.6 is 0 Å². The number of hydrogen-bond donors (Lipinski definition) is 2. The SMILES string of the molecule is Cn1nc(C(=O)NCc2cc([N+](=O)[O-])ccc2O)c2ccccc2c1=O. The van der Waals surface area contributed by atoms with E-state index in [1.165, 1.54) is 25.2 Å². The second kappa shape index (κ2) is 6.63. The zero-order chi connectivity index (χ0) is 18.8. The van der Waals surface area contributed by atoms with Crippen molar-refractivity contribution in [1.82, 2.24) is 15.1 Å². The van der Waals surface area contributed by atoms with E-state index in [0.717, 1.165) is 4.68 Å². The number of carbonyl (C=O) groups excluding carboxylic acids is 1. The van der Waals surface area contributed by atoms with Gasteiger partial charge in [-0.15, -0.1) is 0 Å². The van der Waals surface area contributed by atoms with Crippen LogP contribution in [0.1, 0.15) is 16.1 Å². The van der Waals surface area contributed by atoms with Crippen molar-refractivity contribution in [2.45, 2.75) is 6.54 Å². The molecule has 9 heteroatoms. The van der Waals surface area contributed by atoms with E-state index in [1.54, 1.807) is 24.3 Å². The number of aromatic hydroxyl groups is 1. The second-order valence-electron chi connectivity index (χ2n) is 5.58. The number of amides is 1. The maximum atomic E-state index is 12.5. The number of aryl methyl sites for hydroxylation is 1. The maximum absolute atomic E-state index is 12.5. The number of hydrogen-bond acceptors (Lipinski definition) is 6. The monoisotopic (exact) mass is 354 g/mol. The van der Waals surface area contributed by atoms with E-state index >= 15 is 0 Å². The molecule has 0 saturated carbocycles. The van der Waals surface area contributed by atoms with Gasteiger partial charge in [0, 0.05) is 36.7 Å². The van der Waals surface area contributed by atoms with Crippen molar-refractivity contribution < 1.29 is 14.8 Å². The molecule has 0 fully saturated rings. The summed E-state index contributed by atoms with van der Waals surface area (Å²) >= 11 is 0. The first-order chi connectivity index (χ1) is 12.4. The fraction of sp³-hybridized carbons (Fsp3) is 0.118. The lowest BCUT2D eigenvalue weighted by molar-refractivity contribution is -0.384. The summed E-state index contributed by atoms with van der Waals surface area (Å²) in [5.74, 6) is -0.739. The molecule has 0 bridgehead atoms. The highest BCUT2D eigenvalue weighted by atomic mass is 16.6. The first-order valence-electron chi connectivity index (χ1n) is 7.59. The zero-order valence-electron chi connectivity index (χ0n) is 13.7. The molecule has 132 valence electrons. The number of benzene rings is 2. The Bertz CT molecular complexity index is 1090.